The first-order chi connectivity index (χ1) is 27.2. The number of hydrogen-bond donors (Lipinski definition) is 0. The third-order valence-corrected chi connectivity index (χ3v) is 10.9. The van der Waals surface area contributed by atoms with Crippen molar-refractivity contribution < 1.29 is 8.83 Å². The van der Waals surface area contributed by atoms with Crippen molar-refractivity contribution >= 4 is 71.7 Å². The zero-order valence-electron chi connectivity index (χ0n) is 29.8. The molecule has 3 heteroatoms. The summed E-state index contributed by atoms with van der Waals surface area (Å²) in [5, 5.41) is 6.84. The second-order valence-electron chi connectivity index (χ2n) is 14.1. The number of benzene rings is 9. The molecule has 2 heterocycles. The number of nitrogens with zero attached hydrogens (tertiary/aromatic N) is 1. The molecule has 0 aliphatic carbocycles. The van der Waals surface area contributed by atoms with Gasteiger partial charge in [-0.05, 0) is 93.9 Å². The summed E-state index contributed by atoms with van der Waals surface area (Å²) in [6, 6.07) is 71.0. The smallest absolute Gasteiger partial charge is 0.143 e. The molecule has 0 spiro atoms. The third kappa shape index (κ3) is 5.28. The molecule has 0 unspecified atom stereocenters. The number of fused-ring (bicyclic) bond motifs is 8. The van der Waals surface area contributed by atoms with Crippen LogP contribution in [0.25, 0.3) is 88.0 Å². The second-order valence-corrected chi connectivity index (χ2v) is 14.1. The number of hydrogen-bond acceptors (Lipinski definition) is 3. The maximum absolute atomic E-state index is 6.40. The number of anilines is 3. The van der Waals surface area contributed by atoms with Crippen LogP contribution >= 0.6 is 0 Å². The third-order valence-electron chi connectivity index (χ3n) is 10.9. The highest BCUT2D eigenvalue weighted by molar-refractivity contribution is 6.15. The van der Waals surface area contributed by atoms with Crippen LogP contribution in [-0.4, -0.2) is 0 Å². The fourth-order valence-corrected chi connectivity index (χ4v) is 8.13. The predicted octanol–water partition coefficient (Wildman–Crippen LogP) is 15.1. The summed E-state index contributed by atoms with van der Waals surface area (Å²) >= 11 is 0. The molecule has 0 radical (unpaired) electrons. The number of furan rings is 2. The van der Waals surface area contributed by atoms with Crippen LogP contribution < -0.4 is 4.90 Å². The van der Waals surface area contributed by atoms with E-state index in [1.807, 2.05) is 24.3 Å². The van der Waals surface area contributed by atoms with Gasteiger partial charge in [0, 0.05) is 49.6 Å². The first-order valence-electron chi connectivity index (χ1n) is 18.7. The molecule has 0 amide bonds. The lowest BCUT2D eigenvalue weighted by molar-refractivity contribution is 0.670. The van der Waals surface area contributed by atoms with Gasteiger partial charge in [0.05, 0.1) is 0 Å². The topological polar surface area (TPSA) is 29.5 Å². The Kier molecular flexibility index (Phi) is 7.17. The summed E-state index contributed by atoms with van der Waals surface area (Å²) in [6.45, 7) is 0. The van der Waals surface area contributed by atoms with Crippen molar-refractivity contribution in [3.8, 4) is 33.4 Å². The fourth-order valence-electron chi connectivity index (χ4n) is 8.13. The van der Waals surface area contributed by atoms with Crippen LogP contribution in [0, 0.1) is 0 Å². The van der Waals surface area contributed by atoms with Gasteiger partial charge in [0.1, 0.15) is 22.3 Å². The molecule has 0 atom stereocenters. The molecule has 0 aliphatic rings. The van der Waals surface area contributed by atoms with Gasteiger partial charge >= 0.3 is 0 Å². The lowest BCUT2D eigenvalue weighted by Crippen LogP contribution is -2.09. The molecule has 0 saturated carbocycles. The highest BCUT2D eigenvalue weighted by Crippen LogP contribution is 2.41. The summed E-state index contributed by atoms with van der Waals surface area (Å²) in [6.07, 6.45) is 0. The Balaban J connectivity index is 0.985. The summed E-state index contributed by atoms with van der Waals surface area (Å²) in [5.41, 5.74) is 13.8. The molecule has 258 valence electrons. The van der Waals surface area contributed by atoms with E-state index in [4.69, 9.17) is 8.83 Å². The lowest BCUT2D eigenvalue weighted by Gasteiger charge is -2.26. The van der Waals surface area contributed by atoms with Crippen LogP contribution in [0.5, 0.6) is 0 Å². The Labute approximate surface area is 317 Å². The Bertz CT molecular complexity index is 3170. The Morgan fingerprint density at radius 1 is 0.291 bits per heavy atom. The molecule has 11 aromatic rings. The molecule has 3 nitrogen and oxygen atoms in total. The largest absolute Gasteiger partial charge is 0.455 e. The molecule has 0 aliphatic heterocycles. The van der Waals surface area contributed by atoms with E-state index in [1.54, 1.807) is 0 Å². The average Bonchev–Trinajstić information content (AvgIpc) is 3.84. The first-order valence-corrected chi connectivity index (χ1v) is 18.7. The van der Waals surface area contributed by atoms with Crippen molar-refractivity contribution in [1.29, 1.82) is 0 Å². The number of para-hydroxylation sites is 3. The van der Waals surface area contributed by atoms with Crippen LogP contribution in [0.4, 0.5) is 17.1 Å². The maximum Gasteiger partial charge on any atom is 0.143 e. The highest BCUT2D eigenvalue weighted by atomic mass is 16.3. The normalized spacial score (nSPS) is 11.6. The zero-order chi connectivity index (χ0) is 36.3. The Hall–Kier alpha value is -7.36. The van der Waals surface area contributed by atoms with E-state index in [2.05, 4.69) is 181 Å². The SMILES string of the molecule is c1ccc(-c2ccc(N(c3ccc(-c4ccc5ccc6c7ccccc7oc6c5c4)cc3)c3ccc(-c4cccc5c4oc4ccccc45)cc3)cc2)cc1. The van der Waals surface area contributed by atoms with Gasteiger partial charge in [-0.3, -0.25) is 0 Å². The molecule has 55 heavy (non-hydrogen) atoms. The van der Waals surface area contributed by atoms with Gasteiger partial charge in [-0.15, -0.1) is 0 Å². The van der Waals surface area contributed by atoms with Gasteiger partial charge in [-0.25, -0.2) is 0 Å². The predicted molar refractivity (Wildman–Crippen MR) is 229 cm³/mol. The second kappa shape index (κ2) is 12.6. The quantitative estimate of drug-likeness (QED) is 0.173. The number of rotatable bonds is 6. The van der Waals surface area contributed by atoms with Gasteiger partial charge in [0.25, 0.3) is 0 Å². The minimum atomic E-state index is 0.904. The van der Waals surface area contributed by atoms with E-state index >= 15 is 0 Å². The van der Waals surface area contributed by atoms with Crippen molar-refractivity contribution in [2.75, 3.05) is 4.90 Å². The molecule has 0 fully saturated rings. The van der Waals surface area contributed by atoms with Crippen LogP contribution in [0.1, 0.15) is 0 Å². The standard InChI is InChI=1S/C52H33NO2/c1-2-9-34(10-3-1)35-19-26-40(27-20-35)53(42-30-23-37(24-31-42)43-13-8-14-46-44-11-4-6-15-49(44)54-51(43)46)41-28-21-36(22-29-41)39-18-17-38-25-32-47-45-12-5-7-16-50(45)55-52(47)48(38)33-39/h1-33H. The maximum atomic E-state index is 6.40. The van der Waals surface area contributed by atoms with E-state index in [0.29, 0.717) is 0 Å². The van der Waals surface area contributed by atoms with Crippen LogP contribution in [-0.2, 0) is 0 Å². The minimum absolute atomic E-state index is 0.904. The average molecular weight is 704 g/mol. The van der Waals surface area contributed by atoms with E-state index in [-0.39, 0.29) is 0 Å². The molecule has 0 saturated heterocycles. The van der Waals surface area contributed by atoms with Gasteiger partial charge in [-0.1, -0.05) is 140 Å². The molecular formula is C52H33NO2. The van der Waals surface area contributed by atoms with Crippen molar-refractivity contribution in [3.63, 3.8) is 0 Å². The molecule has 0 N–H and O–H groups in total. The molecule has 11 rings (SSSR count). The van der Waals surface area contributed by atoms with Crippen LogP contribution in [0.2, 0.25) is 0 Å². The van der Waals surface area contributed by atoms with Crippen molar-refractivity contribution in [1.82, 2.24) is 0 Å². The summed E-state index contributed by atoms with van der Waals surface area (Å²) in [4.78, 5) is 2.32. The Morgan fingerprint density at radius 2 is 0.764 bits per heavy atom. The molecule has 9 aromatic carbocycles. The highest BCUT2D eigenvalue weighted by Gasteiger charge is 2.17. The van der Waals surface area contributed by atoms with E-state index in [9.17, 15) is 0 Å². The monoisotopic (exact) mass is 703 g/mol. The molecule has 0 bridgehead atoms. The van der Waals surface area contributed by atoms with Gasteiger partial charge in [0.15, 0.2) is 0 Å². The van der Waals surface area contributed by atoms with Crippen molar-refractivity contribution in [3.05, 3.63) is 200 Å². The van der Waals surface area contributed by atoms with E-state index in [0.717, 1.165) is 94.0 Å². The lowest BCUT2D eigenvalue weighted by atomic mass is 9.99. The van der Waals surface area contributed by atoms with Crippen molar-refractivity contribution in [2.45, 2.75) is 0 Å². The summed E-state index contributed by atoms with van der Waals surface area (Å²) < 4.78 is 12.8. The van der Waals surface area contributed by atoms with Gasteiger partial charge in [0.2, 0.25) is 0 Å². The molecule has 2 aromatic heterocycles. The summed E-state index contributed by atoms with van der Waals surface area (Å²) in [7, 11) is 0. The Morgan fingerprint density at radius 3 is 1.42 bits per heavy atom. The van der Waals surface area contributed by atoms with Crippen LogP contribution in [0.15, 0.2) is 209 Å². The fraction of sp³-hybridized carbons (Fsp3) is 0. The van der Waals surface area contributed by atoms with E-state index < -0.39 is 0 Å². The van der Waals surface area contributed by atoms with E-state index in [1.165, 1.54) is 11.1 Å². The summed E-state index contributed by atoms with van der Waals surface area (Å²) in [5.74, 6) is 0. The molecular weight excluding hydrogens is 671 g/mol. The van der Waals surface area contributed by atoms with Gasteiger partial charge < -0.3 is 13.7 Å². The van der Waals surface area contributed by atoms with Crippen molar-refractivity contribution in [2.24, 2.45) is 0 Å². The van der Waals surface area contributed by atoms with Crippen LogP contribution in [0.3, 0.4) is 0 Å². The zero-order valence-corrected chi connectivity index (χ0v) is 29.8. The first kappa shape index (κ1) is 31.2. The van der Waals surface area contributed by atoms with Gasteiger partial charge in [-0.2, -0.15) is 0 Å². The minimum Gasteiger partial charge on any atom is -0.455 e.